The van der Waals surface area contributed by atoms with Crippen LogP contribution in [0.4, 0.5) is 17.3 Å². The van der Waals surface area contributed by atoms with Crippen molar-refractivity contribution in [1.82, 2.24) is 0 Å². The summed E-state index contributed by atoms with van der Waals surface area (Å²) in [6.45, 7) is 6.73. The lowest BCUT2D eigenvalue weighted by Crippen LogP contribution is -3.61. The Balaban J connectivity index is 0.000000347. The summed E-state index contributed by atoms with van der Waals surface area (Å²) < 4.78 is 42.4. The third kappa shape index (κ3) is 6.77. The lowest BCUT2D eigenvalue weighted by Gasteiger charge is -2.00. The van der Waals surface area contributed by atoms with Gasteiger partial charge in [-0.05, 0) is 39.7 Å². The monoisotopic (exact) mass is 400 g/mol. The molecular formula is C14H18BF4I. The van der Waals surface area contributed by atoms with Gasteiger partial charge in [-0.25, -0.2) is 0 Å². The zero-order chi connectivity index (χ0) is 15.3. The molecule has 0 atom stereocenters. The summed E-state index contributed by atoms with van der Waals surface area (Å²) in [6, 6.07) is 4.66. The largest absolute Gasteiger partial charge is 0.673 e. The fraction of sp³-hybridized carbons (Fsp3) is 0.429. The second-order valence-corrected chi connectivity index (χ2v) is 7.85. The summed E-state index contributed by atoms with van der Waals surface area (Å²) in [5.74, 6) is 0. The Bertz CT molecular complexity index is 465. The van der Waals surface area contributed by atoms with Crippen molar-refractivity contribution in [3.05, 3.63) is 42.0 Å². The smallest absolute Gasteiger partial charge is 0.418 e. The molecule has 1 aliphatic rings. The molecular weight excluding hydrogens is 382 g/mol. The van der Waals surface area contributed by atoms with Crippen molar-refractivity contribution in [3.8, 4) is 0 Å². The number of halogens is 5. The number of hydrogen-bond acceptors (Lipinski definition) is 0. The van der Waals surface area contributed by atoms with Crippen molar-refractivity contribution in [2.24, 2.45) is 0 Å². The van der Waals surface area contributed by atoms with E-state index >= 15 is 0 Å². The molecule has 1 aliphatic carbocycles. The van der Waals surface area contributed by atoms with E-state index in [2.05, 4.69) is 39.0 Å². The van der Waals surface area contributed by atoms with Crippen molar-refractivity contribution >= 4 is 7.25 Å². The van der Waals surface area contributed by atoms with Crippen LogP contribution in [-0.2, 0) is 0 Å². The maximum atomic E-state index is 9.75. The number of aryl methyl sites for hydroxylation is 3. The minimum atomic E-state index is -6.00. The fourth-order valence-electron chi connectivity index (χ4n) is 2.15. The van der Waals surface area contributed by atoms with Gasteiger partial charge in [-0.3, -0.25) is 0 Å². The summed E-state index contributed by atoms with van der Waals surface area (Å²) in [6.07, 6.45) is 6.55. The molecule has 0 saturated carbocycles. The van der Waals surface area contributed by atoms with Gasteiger partial charge in [0.15, 0.2) is 7.15 Å². The standard InChI is InChI=1S/C14H18I.BF4/c1-10-8-11(2)14(12(3)9-10)15-13-6-4-5-7-13;2-1(3,4)5/h6,8-9H,4-5,7H2,1-3H3;/q+1;-1. The number of allylic oxidation sites excluding steroid dienone is 2. The van der Waals surface area contributed by atoms with Crippen LogP contribution >= 0.6 is 0 Å². The Morgan fingerprint density at radius 2 is 1.50 bits per heavy atom. The molecule has 112 valence electrons. The normalized spacial score (nSPS) is 14.7. The van der Waals surface area contributed by atoms with Gasteiger partial charge in [0.1, 0.15) is 0 Å². The first kappa shape index (κ1) is 17.5. The molecule has 6 heteroatoms. The topological polar surface area (TPSA) is 0 Å². The molecule has 0 N–H and O–H groups in total. The van der Waals surface area contributed by atoms with Gasteiger partial charge in [-0.1, -0.05) is 17.7 Å². The highest BCUT2D eigenvalue weighted by Crippen LogP contribution is 2.11. The second-order valence-electron chi connectivity index (χ2n) is 4.85. The number of hydrogen-bond donors (Lipinski definition) is 0. The maximum absolute atomic E-state index is 9.75. The molecule has 0 bridgehead atoms. The van der Waals surface area contributed by atoms with Gasteiger partial charge < -0.3 is 17.3 Å². The molecule has 0 heterocycles. The molecule has 0 aliphatic heterocycles. The van der Waals surface area contributed by atoms with E-state index in [0.29, 0.717) is 0 Å². The Morgan fingerprint density at radius 3 is 1.90 bits per heavy atom. The van der Waals surface area contributed by atoms with Gasteiger partial charge in [0.25, 0.3) is 0 Å². The van der Waals surface area contributed by atoms with Gasteiger partial charge in [0.05, 0.1) is 0 Å². The number of rotatable bonds is 2. The Hall–Kier alpha value is -0.525. The van der Waals surface area contributed by atoms with Gasteiger partial charge in [0, 0.05) is 17.5 Å². The van der Waals surface area contributed by atoms with Crippen molar-refractivity contribution in [1.29, 1.82) is 0 Å². The summed E-state index contributed by atoms with van der Waals surface area (Å²) in [4.78, 5) is 0. The van der Waals surface area contributed by atoms with Crippen LogP contribution in [-0.4, -0.2) is 7.25 Å². The molecule has 0 unspecified atom stereocenters. The Labute approximate surface area is 128 Å². The first-order valence-corrected chi connectivity index (χ1v) is 8.61. The number of benzene rings is 1. The van der Waals surface area contributed by atoms with E-state index in [0.717, 1.165) is 0 Å². The van der Waals surface area contributed by atoms with E-state index in [9.17, 15) is 17.3 Å². The van der Waals surface area contributed by atoms with Crippen molar-refractivity contribution in [2.45, 2.75) is 40.0 Å². The second kappa shape index (κ2) is 7.47. The lowest BCUT2D eigenvalue weighted by atomic mass is 10.1. The molecule has 0 aromatic heterocycles. The minimum absolute atomic E-state index is 0.128. The SMILES string of the molecule is Cc1cc(C)c([I+]C2=CCCC2)c(C)c1.F[B-](F)(F)F. The molecule has 0 saturated heterocycles. The van der Waals surface area contributed by atoms with Crippen LogP contribution in [0.15, 0.2) is 21.8 Å². The Morgan fingerprint density at radius 1 is 1.00 bits per heavy atom. The molecule has 0 nitrogen and oxygen atoms in total. The van der Waals surface area contributed by atoms with E-state index in [1.165, 1.54) is 36.0 Å². The first-order chi connectivity index (χ1) is 9.16. The third-order valence-corrected chi connectivity index (χ3v) is 6.70. The molecule has 2 rings (SSSR count). The fourth-order valence-corrected chi connectivity index (χ4v) is 5.19. The molecule has 0 fully saturated rings. The summed E-state index contributed by atoms with van der Waals surface area (Å²) in [5.41, 5.74) is 4.42. The first-order valence-electron chi connectivity index (χ1n) is 6.46. The zero-order valence-electron chi connectivity index (χ0n) is 11.8. The van der Waals surface area contributed by atoms with Gasteiger partial charge in [-0.2, -0.15) is 0 Å². The van der Waals surface area contributed by atoms with Crippen LogP contribution < -0.4 is 21.2 Å². The highest BCUT2D eigenvalue weighted by molar-refractivity contribution is 6.50. The van der Waals surface area contributed by atoms with Crippen LogP contribution in [0.3, 0.4) is 0 Å². The minimum Gasteiger partial charge on any atom is -0.418 e. The van der Waals surface area contributed by atoms with Crippen LogP contribution in [0.1, 0.15) is 36.0 Å². The molecule has 0 radical (unpaired) electrons. The maximum Gasteiger partial charge on any atom is 0.673 e. The van der Waals surface area contributed by atoms with Gasteiger partial charge >= 0.3 is 28.5 Å². The predicted octanol–water partition coefficient (Wildman–Crippen LogP) is 2.24. The van der Waals surface area contributed by atoms with Crippen LogP contribution in [0, 0.1) is 24.3 Å². The molecule has 0 amide bonds. The predicted molar refractivity (Wildman–Crippen MR) is 71.5 cm³/mol. The van der Waals surface area contributed by atoms with Crippen molar-refractivity contribution < 1.29 is 38.5 Å². The van der Waals surface area contributed by atoms with Crippen LogP contribution in [0.5, 0.6) is 0 Å². The molecule has 20 heavy (non-hydrogen) atoms. The quantitative estimate of drug-likeness (QED) is 0.406. The van der Waals surface area contributed by atoms with E-state index in [1.807, 2.05) is 0 Å². The molecule has 1 aromatic carbocycles. The zero-order valence-corrected chi connectivity index (χ0v) is 14.0. The Kier molecular flexibility index (Phi) is 6.55. The van der Waals surface area contributed by atoms with E-state index in [-0.39, 0.29) is 21.2 Å². The average Bonchev–Trinajstić information content (AvgIpc) is 2.73. The van der Waals surface area contributed by atoms with E-state index < -0.39 is 7.25 Å². The highest BCUT2D eigenvalue weighted by Gasteiger charge is 2.25. The molecule has 1 aromatic rings. The summed E-state index contributed by atoms with van der Waals surface area (Å²) >= 11 is 0.128. The highest BCUT2D eigenvalue weighted by atomic mass is 127. The van der Waals surface area contributed by atoms with E-state index in [1.54, 1.807) is 7.15 Å². The third-order valence-electron chi connectivity index (χ3n) is 2.78. The van der Waals surface area contributed by atoms with Gasteiger partial charge in [0.2, 0.25) is 0 Å². The van der Waals surface area contributed by atoms with Gasteiger partial charge in [-0.15, -0.1) is 0 Å². The van der Waals surface area contributed by atoms with Crippen molar-refractivity contribution in [3.63, 3.8) is 0 Å². The van der Waals surface area contributed by atoms with Crippen LogP contribution in [0.2, 0.25) is 0 Å². The van der Waals surface area contributed by atoms with E-state index in [4.69, 9.17) is 0 Å². The molecule has 0 spiro atoms. The summed E-state index contributed by atoms with van der Waals surface area (Å²) in [7, 11) is -6.00. The van der Waals surface area contributed by atoms with Crippen molar-refractivity contribution in [2.75, 3.05) is 0 Å². The van der Waals surface area contributed by atoms with Crippen LogP contribution in [0.25, 0.3) is 0 Å². The lowest BCUT2D eigenvalue weighted by molar-refractivity contribution is -0.579. The summed E-state index contributed by atoms with van der Waals surface area (Å²) in [5, 5.41) is 0. The average molecular weight is 400 g/mol.